The number of ether oxygens (including phenoxy) is 1. The van der Waals surface area contributed by atoms with E-state index in [1.807, 2.05) is 0 Å². The number of aldehydes is 1. The van der Waals surface area contributed by atoms with Crippen LogP contribution in [0.3, 0.4) is 0 Å². The van der Waals surface area contributed by atoms with Gasteiger partial charge in [-0.1, -0.05) is 12.2 Å². The van der Waals surface area contributed by atoms with Gasteiger partial charge in [-0.3, -0.25) is 14.9 Å². The Labute approximate surface area is 103 Å². The summed E-state index contributed by atoms with van der Waals surface area (Å²) in [5.41, 5.74) is 0.00854. The van der Waals surface area contributed by atoms with Gasteiger partial charge in [-0.25, -0.2) is 0 Å². The molecule has 0 fully saturated rings. The van der Waals surface area contributed by atoms with E-state index in [9.17, 15) is 14.9 Å². The summed E-state index contributed by atoms with van der Waals surface area (Å²) >= 11 is 5.42. The molecule has 0 radical (unpaired) electrons. The molecule has 0 spiro atoms. The molecule has 1 aromatic rings. The van der Waals surface area contributed by atoms with E-state index < -0.39 is 4.92 Å². The Morgan fingerprint density at radius 1 is 1.41 bits per heavy atom. The van der Waals surface area contributed by atoms with Crippen LogP contribution in [0.5, 0.6) is 5.75 Å². The third kappa shape index (κ3) is 3.88. The topological polar surface area (TPSA) is 69.4 Å². The number of benzene rings is 1. The maximum atomic E-state index is 10.7. The van der Waals surface area contributed by atoms with Crippen molar-refractivity contribution < 1.29 is 14.5 Å². The first-order valence-corrected chi connectivity index (χ1v) is 5.30. The van der Waals surface area contributed by atoms with Gasteiger partial charge in [0.1, 0.15) is 12.4 Å². The van der Waals surface area contributed by atoms with E-state index in [-0.39, 0.29) is 17.9 Å². The Kier molecular flexibility index (Phi) is 5.16. The van der Waals surface area contributed by atoms with Gasteiger partial charge in [-0.2, -0.15) is 0 Å². The second-order valence-corrected chi connectivity index (χ2v) is 3.34. The summed E-state index contributed by atoms with van der Waals surface area (Å²) in [6.07, 6.45) is 3.92. The van der Waals surface area contributed by atoms with Crippen molar-refractivity contribution in [2.45, 2.75) is 0 Å². The van der Waals surface area contributed by atoms with Crippen molar-refractivity contribution >= 4 is 23.6 Å². The summed E-state index contributed by atoms with van der Waals surface area (Å²) in [5.74, 6) is 0.689. The van der Waals surface area contributed by atoms with Crippen molar-refractivity contribution in [2.24, 2.45) is 0 Å². The minimum atomic E-state index is -0.565. The average Bonchev–Trinajstić information content (AvgIpc) is 2.34. The van der Waals surface area contributed by atoms with E-state index in [1.165, 1.54) is 18.2 Å². The molecule has 1 aromatic carbocycles. The Morgan fingerprint density at radius 2 is 2.18 bits per heavy atom. The molecule has 6 heteroatoms. The minimum absolute atomic E-state index is 0.143. The van der Waals surface area contributed by atoms with Crippen molar-refractivity contribution in [3.63, 3.8) is 0 Å². The molecule has 0 unspecified atom stereocenters. The van der Waals surface area contributed by atoms with E-state index in [0.717, 1.165) is 0 Å². The smallest absolute Gasteiger partial charge is 0.270 e. The molecule has 5 nitrogen and oxygen atoms in total. The molecular formula is C11H10ClNO4. The number of carbonyl (C=O) groups excluding carboxylic acids is 1. The van der Waals surface area contributed by atoms with Crippen molar-refractivity contribution in [3.05, 3.63) is 46.0 Å². The average molecular weight is 256 g/mol. The van der Waals surface area contributed by atoms with Crippen LogP contribution in [0.2, 0.25) is 0 Å². The lowest BCUT2D eigenvalue weighted by Crippen LogP contribution is -1.98. The highest BCUT2D eigenvalue weighted by atomic mass is 35.5. The second kappa shape index (κ2) is 6.65. The Balaban J connectivity index is 2.82. The summed E-state index contributed by atoms with van der Waals surface area (Å²) in [7, 11) is 0. The summed E-state index contributed by atoms with van der Waals surface area (Å²) < 4.78 is 5.27. The Bertz CT molecular complexity index is 445. The van der Waals surface area contributed by atoms with Crippen LogP contribution in [0.4, 0.5) is 5.69 Å². The molecular weight excluding hydrogens is 246 g/mol. The van der Waals surface area contributed by atoms with Gasteiger partial charge >= 0.3 is 0 Å². The zero-order chi connectivity index (χ0) is 12.7. The molecule has 0 amide bonds. The number of allylic oxidation sites excluding steroid dienone is 1. The van der Waals surface area contributed by atoms with Crippen LogP contribution in [-0.2, 0) is 0 Å². The predicted molar refractivity (Wildman–Crippen MR) is 63.8 cm³/mol. The number of rotatable bonds is 6. The van der Waals surface area contributed by atoms with Crippen molar-refractivity contribution in [3.8, 4) is 5.75 Å². The molecule has 0 aliphatic rings. The largest absolute Gasteiger partial charge is 0.489 e. The maximum Gasteiger partial charge on any atom is 0.270 e. The molecule has 90 valence electrons. The van der Waals surface area contributed by atoms with E-state index in [0.29, 0.717) is 17.9 Å². The number of carbonyl (C=O) groups is 1. The summed E-state index contributed by atoms with van der Waals surface area (Å²) in [6.45, 7) is 0.255. The number of hydrogen-bond acceptors (Lipinski definition) is 4. The number of nitrogens with zero attached hydrogens (tertiary/aromatic N) is 1. The SMILES string of the molecule is O=Cc1cc([N+](=O)[O-])ccc1OC/C=C\CCl. The number of nitro groups is 1. The first-order valence-electron chi connectivity index (χ1n) is 4.76. The minimum Gasteiger partial charge on any atom is -0.489 e. The lowest BCUT2D eigenvalue weighted by atomic mass is 10.2. The third-order valence-electron chi connectivity index (χ3n) is 1.92. The van der Waals surface area contributed by atoms with Crippen LogP contribution >= 0.6 is 11.6 Å². The van der Waals surface area contributed by atoms with Crippen LogP contribution < -0.4 is 4.74 Å². The number of hydrogen-bond donors (Lipinski definition) is 0. The normalized spacial score (nSPS) is 10.4. The van der Waals surface area contributed by atoms with Gasteiger partial charge in [-0.15, -0.1) is 11.6 Å². The molecule has 1 rings (SSSR count). The third-order valence-corrected chi connectivity index (χ3v) is 2.10. The predicted octanol–water partition coefficient (Wildman–Crippen LogP) is 2.58. The van der Waals surface area contributed by atoms with E-state index in [4.69, 9.17) is 16.3 Å². The van der Waals surface area contributed by atoms with E-state index in [2.05, 4.69) is 0 Å². The van der Waals surface area contributed by atoms with Crippen LogP contribution in [0.25, 0.3) is 0 Å². The zero-order valence-corrected chi connectivity index (χ0v) is 9.59. The van der Waals surface area contributed by atoms with Gasteiger partial charge in [0.15, 0.2) is 6.29 Å². The molecule has 0 aromatic heterocycles. The van der Waals surface area contributed by atoms with Crippen LogP contribution in [0.15, 0.2) is 30.4 Å². The van der Waals surface area contributed by atoms with Gasteiger partial charge in [0.05, 0.1) is 10.5 Å². The molecule has 0 N–H and O–H groups in total. The van der Waals surface area contributed by atoms with Crippen LogP contribution in [0, 0.1) is 10.1 Å². The van der Waals surface area contributed by atoms with Crippen LogP contribution in [0.1, 0.15) is 10.4 Å². The number of halogens is 1. The van der Waals surface area contributed by atoms with E-state index >= 15 is 0 Å². The number of alkyl halides is 1. The molecule has 0 saturated carbocycles. The van der Waals surface area contributed by atoms with Gasteiger partial charge in [-0.05, 0) is 6.07 Å². The lowest BCUT2D eigenvalue weighted by Gasteiger charge is -2.05. The molecule has 0 heterocycles. The Morgan fingerprint density at radius 3 is 2.76 bits per heavy atom. The Hall–Kier alpha value is -1.88. The molecule has 0 atom stereocenters. The summed E-state index contributed by atoms with van der Waals surface area (Å²) in [4.78, 5) is 20.7. The van der Waals surface area contributed by atoms with Gasteiger partial charge in [0.25, 0.3) is 5.69 Å². The standard InChI is InChI=1S/C11H10ClNO4/c12-5-1-2-6-17-11-4-3-10(13(15)16)7-9(11)8-14/h1-4,7-8H,5-6H2/b2-1-. The molecule has 0 saturated heterocycles. The summed E-state index contributed by atoms with van der Waals surface area (Å²) in [5, 5.41) is 10.5. The quantitative estimate of drug-likeness (QED) is 0.258. The molecule has 0 aliphatic heterocycles. The fourth-order valence-electron chi connectivity index (χ4n) is 1.14. The first kappa shape index (κ1) is 13.2. The van der Waals surface area contributed by atoms with Crippen molar-refractivity contribution in [1.29, 1.82) is 0 Å². The van der Waals surface area contributed by atoms with Gasteiger partial charge in [0.2, 0.25) is 0 Å². The zero-order valence-electron chi connectivity index (χ0n) is 8.84. The lowest BCUT2D eigenvalue weighted by molar-refractivity contribution is -0.384. The molecule has 0 aliphatic carbocycles. The van der Waals surface area contributed by atoms with Crippen molar-refractivity contribution in [2.75, 3.05) is 12.5 Å². The van der Waals surface area contributed by atoms with Gasteiger partial charge < -0.3 is 4.74 Å². The van der Waals surface area contributed by atoms with Gasteiger partial charge in [0, 0.05) is 18.0 Å². The molecule has 0 bridgehead atoms. The highest BCUT2D eigenvalue weighted by Crippen LogP contribution is 2.22. The first-order chi connectivity index (χ1) is 8.19. The number of nitro benzene ring substituents is 1. The van der Waals surface area contributed by atoms with Crippen molar-refractivity contribution in [1.82, 2.24) is 0 Å². The monoisotopic (exact) mass is 255 g/mol. The van der Waals surface area contributed by atoms with E-state index in [1.54, 1.807) is 12.2 Å². The maximum absolute atomic E-state index is 10.7. The summed E-state index contributed by atoms with van der Waals surface area (Å²) in [6, 6.07) is 3.86. The number of non-ortho nitro benzene ring substituents is 1. The highest BCUT2D eigenvalue weighted by molar-refractivity contribution is 6.18. The fraction of sp³-hybridized carbons (Fsp3) is 0.182. The second-order valence-electron chi connectivity index (χ2n) is 3.03. The highest BCUT2D eigenvalue weighted by Gasteiger charge is 2.10. The fourth-order valence-corrected chi connectivity index (χ4v) is 1.27. The molecule has 17 heavy (non-hydrogen) atoms. The van der Waals surface area contributed by atoms with Crippen LogP contribution in [-0.4, -0.2) is 23.7 Å².